The number of hydrogen-bond acceptors (Lipinski definition) is 6. The summed E-state index contributed by atoms with van der Waals surface area (Å²) in [7, 11) is 0. The van der Waals surface area contributed by atoms with Gasteiger partial charge in [0.1, 0.15) is 16.3 Å². The van der Waals surface area contributed by atoms with Gasteiger partial charge in [-0.1, -0.05) is 46.8 Å². The maximum atomic E-state index is 13.6. The number of rotatable bonds is 6. The van der Waals surface area contributed by atoms with Crippen LogP contribution in [0, 0.1) is 9.77 Å². The smallest absolute Gasteiger partial charge is 0.278 e. The lowest BCUT2D eigenvalue weighted by Gasteiger charge is -2.13. The zero-order chi connectivity index (χ0) is 22.9. The first kappa shape index (κ1) is 22.1. The molecule has 0 aliphatic rings. The Balaban J connectivity index is 1.66. The summed E-state index contributed by atoms with van der Waals surface area (Å²) in [6, 6.07) is 16.9. The van der Waals surface area contributed by atoms with E-state index in [2.05, 4.69) is 0 Å². The van der Waals surface area contributed by atoms with Crippen molar-refractivity contribution >= 4 is 57.3 Å². The highest BCUT2D eigenvalue weighted by Gasteiger charge is 2.19. The van der Waals surface area contributed by atoms with Gasteiger partial charge in [0.25, 0.3) is 5.56 Å². The van der Waals surface area contributed by atoms with Crippen LogP contribution < -0.4 is 5.56 Å². The van der Waals surface area contributed by atoms with Crippen molar-refractivity contribution in [2.24, 2.45) is 0 Å². The first-order valence-electron chi connectivity index (χ1n) is 9.81. The molecule has 5 aromatic rings. The van der Waals surface area contributed by atoms with Gasteiger partial charge in [0.2, 0.25) is 0 Å². The first-order chi connectivity index (χ1) is 16.0. The van der Waals surface area contributed by atoms with Gasteiger partial charge in [-0.05, 0) is 66.3 Å². The minimum absolute atomic E-state index is 0.255. The van der Waals surface area contributed by atoms with E-state index in [0.29, 0.717) is 48.2 Å². The third kappa shape index (κ3) is 4.54. The lowest BCUT2D eigenvalue weighted by atomic mass is 10.2. The average Bonchev–Trinajstić information content (AvgIpc) is 3.42. The predicted octanol–water partition coefficient (Wildman–Crippen LogP) is 6.70. The standard InChI is InChI=1S/C23H15ClFN3O2S3/c24-15-4-1-3-14(11-15)13-32-22-26-20-19(21(29)28(22)17-8-6-16(25)7-9-17)33-23(31)27(20)12-18-5-2-10-30-18/h1-11H,12-13H2. The number of benzene rings is 2. The van der Waals surface area contributed by atoms with Crippen molar-refractivity contribution in [3.05, 3.63) is 103 Å². The summed E-state index contributed by atoms with van der Waals surface area (Å²) in [6.45, 7) is 0.372. The molecule has 0 bridgehead atoms. The highest BCUT2D eigenvalue weighted by Crippen LogP contribution is 2.28. The summed E-state index contributed by atoms with van der Waals surface area (Å²) in [5, 5.41) is 1.11. The maximum absolute atomic E-state index is 13.6. The van der Waals surface area contributed by atoms with Gasteiger partial charge in [-0.3, -0.25) is 13.9 Å². The van der Waals surface area contributed by atoms with Crippen LogP contribution in [0.4, 0.5) is 4.39 Å². The Kier molecular flexibility index (Phi) is 6.20. The number of thioether (sulfide) groups is 1. The molecule has 3 heterocycles. The Bertz CT molecular complexity index is 1560. The van der Waals surface area contributed by atoms with E-state index in [1.165, 1.54) is 39.8 Å². The molecule has 0 radical (unpaired) electrons. The van der Waals surface area contributed by atoms with Crippen molar-refractivity contribution in [3.63, 3.8) is 0 Å². The van der Waals surface area contributed by atoms with E-state index in [1.54, 1.807) is 29.0 Å². The van der Waals surface area contributed by atoms with E-state index in [1.807, 2.05) is 30.3 Å². The summed E-state index contributed by atoms with van der Waals surface area (Å²) in [4.78, 5) is 18.4. The van der Waals surface area contributed by atoms with Crippen LogP contribution in [0.1, 0.15) is 11.3 Å². The molecule has 0 fully saturated rings. The Labute approximate surface area is 206 Å². The largest absolute Gasteiger partial charge is 0.467 e. The van der Waals surface area contributed by atoms with Crippen molar-refractivity contribution in [3.8, 4) is 5.69 Å². The quantitative estimate of drug-likeness (QED) is 0.143. The molecule has 0 aliphatic carbocycles. The summed E-state index contributed by atoms with van der Waals surface area (Å²) < 4.78 is 23.3. The highest BCUT2D eigenvalue weighted by atomic mass is 35.5. The molecule has 5 nitrogen and oxygen atoms in total. The van der Waals surface area contributed by atoms with Crippen molar-refractivity contribution in [2.45, 2.75) is 17.5 Å². The second-order valence-electron chi connectivity index (χ2n) is 7.12. The summed E-state index contributed by atoms with van der Waals surface area (Å²) >= 11 is 14.3. The number of halogens is 2. The van der Waals surface area contributed by atoms with Gasteiger partial charge in [-0.25, -0.2) is 9.37 Å². The van der Waals surface area contributed by atoms with Crippen molar-refractivity contribution in [1.82, 2.24) is 14.1 Å². The molecule has 2 aromatic carbocycles. The van der Waals surface area contributed by atoms with Crippen LogP contribution in [0.25, 0.3) is 16.0 Å². The molecular formula is C23H15ClFN3O2S3. The minimum Gasteiger partial charge on any atom is -0.467 e. The predicted molar refractivity (Wildman–Crippen MR) is 133 cm³/mol. The van der Waals surface area contributed by atoms with E-state index < -0.39 is 0 Å². The van der Waals surface area contributed by atoms with Crippen molar-refractivity contribution in [1.29, 1.82) is 0 Å². The fourth-order valence-electron chi connectivity index (χ4n) is 3.36. The number of hydrogen-bond donors (Lipinski definition) is 0. The molecule has 10 heteroatoms. The number of fused-ring (bicyclic) bond motifs is 1. The van der Waals surface area contributed by atoms with E-state index >= 15 is 0 Å². The van der Waals surface area contributed by atoms with Crippen molar-refractivity contribution in [2.75, 3.05) is 0 Å². The number of furan rings is 1. The van der Waals surface area contributed by atoms with Gasteiger partial charge in [-0.2, -0.15) is 0 Å². The molecule has 5 rings (SSSR count). The Morgan fingerprint density at radius 2 is 1.97 bits per heavy atom. The molecule has 0 atom stereocenters. The molecule has 0 N–H and O–H groups in total. The molecule has 0 unspecified atom stereocenters. The van der Waals surface area contributed by atoms with Crippen LogP contribution in [0.3, 0.4) is 0 Å². The van der Waals surface area contributed by atoms with Gasteiger partial charge < -0.3 is 4.42 Å². The summed E-state index contributed by atoms with van der Waals surface area (Å²) in [5.74, 6) is 0.876. The van der Waals surface area contributed by atoms with Crippen LogP contribution >= 0.6 is 46.9 Å². The lowest BCUT2D eigenvalue weighted by Crippen LogP contribution is -2.21. The van der Waals surface area contributed by atoms with Gasteiger partial charge in [-0.15, -0.1) is 0 Å². The monoisotopic (exact) mass is 515 g/mol. The molecule has 3 aromatic heterocycles. The van der Waals surface area contributed by atoms with Crippen LogP contribution in [-0.2, 0) is 12.3 Å². The second-order valence-corrected chi connectivity index (χ2v) is 10.1. The fraction of sp³-hybridized carbons (Fsp3) is 0.0870. The van der Waals surface area contributed by atoms with Crippen LogP contribution in [0.2, 0.25) is 5.02 Å². The van der Waals surface area contributed by atoms with Gasteiger partial charge in [0, 0.05) is 10.8 Å². The molecule has 0 amide bonds. The minimum atomic E-state index is -0.380. The zero-order valence-electron chi connectivity index (χ0n) is 16.9. The van der Waals surface area contributed by atoms with Crippen LogP contribution in [0.15, 0.2) is 81.3 Å². The fourth-order valence-corrected chi connectivity index (χ4v) is 5.78. The molecule has 33 heavy (non-hydrogen) atoms. The Hall–Kier alpha value is -2.72. The SMILES string of the molecule is O=c1c2sc(=S)n(Cc3ccco3)c2nc(SCc2cccc(Cl)c2)n1-c1ccc(F)cc1. The zero-order valence-corrected chi connectivity index (χ0v) is 20.1. The molecule has 0 spiro atoms. The maximum Gasteiger partial charge on any atom is 0.278 e. The van der Waals surface area contributed by atoms with E-state index in [4.69, 9.17) is 33.2 Å². The first-order valence-corrected chi connectivity index (χ1v) is 12.4. The highest BCUT2D eigenvalue weighted by molar-refractivity contribution is 7.98. The van der Waals surface area contributed by atoms with Crippen LogP contribution in [-0.4, -0.2) is 14.1 Å². The number of thiazole rings is 1. The van der Waals surface area contributed by atoms with Gasteiger partial charge in [0.05, 0.1) is 18.5 Å². The summed E-state index contributed by atoms with van der Waals surface area (Å²) in [6.07, 6.45) is 1.59. The summed E-state index contributed by atoms with van der Waals surface area (Å²) in [5.41, 5.74) is 1.76. The lowest BCUT2D eigenvalue weighted by molar-refractivity contribution is 0.495. The topological polar surface area (TPSA) is 53.0 Å². The molecule has 0 saturated heterocycles. The van der Waals surface area contributed by atoms with Gasteiger partial charge in [0.15, 0.2) is 14.8 Å². The molecular weight excluding hydrogens is 501 g/mol. The number of aromatic nitrogens is 3. The third-order valence-corrected chi connectivity index (χ3v) is 7.57. The van der Waals surface area contributed by atoms with E-state index in [9.17, 15) is 9.18 Å². The normalized spacial score (nSPS) is 11.3. The third-order valence-electron chi connectivity index (χ3n) is 4.89. The average molecular weight is 516 g/mol. The van der Waals surface area contributed by atoms with Gasteiger partial charge >= 0.3 is 0 Å². The van der Waals surface area contributed by atoms with Crippen LogP contribution in [0.5, 0.6) is 0 Å². The number of nitrogens with zero attached hydrogens (tertiary/aromatic N) is 3. The Morgan fingerprint density at radius 3 is 2.70 bits per heavy atom. The molecule has 166 valence electrons. The van der Waals surface area contributed by atoms with Crippen molar-refractivity contribution < 1.29 is 8.81 Å². The van der Waals surface area contributed by atoms with E-state index in [0.717, 1.165) is 5.56 Å². The molecule has 0 aliphatic heterocycles. The molecule has 0 saturated carbocycles. The van der Waals surface area contributed by atoms with E-state index in [-0.39, 0.29) is 11.4 Å². The Morgan fingerprint density at radius 1 is 1.15 bits per heavy atom. The second kappa shape index (κ2) is 9.26.